The number of amides is 2. The lowest BCUT2D eigenvalue weighted by molar-refractivity contribution is -0.134. The molecule has 2 aromatic rings. The topological polar surface area (TPSA) is 71.0 Å². The van der Waals surface area contributed by atoms with Crippen molar-refractivity contribution in [1.82, 2.24) is 10.2 Å². The summed E-state index contributed by atoms with van der Waals surface area (Å²) in [5.74, 6) is 0.296. The van der Waals surface area contributed by atoms with Crippen molar-refractivity contribution in [1.29, 1.82) is 0 Å². The summed E-state index contributed by atoms with van der Waals surface area (Å²) in [6.45, 7) is 5.64. The molecule has 3 rings (SSSR count). The Balaban J connectivity index is 1.59. The number of carbonyl (C=O) groups is 2. The highest BCUT2D eigenvalue weighted by Gasteiger charge is 2.41. The third-order valence-corrected chi connectivity index (χ3v) is 5.28. The van der Waals surface area contributed by atoms with E-state index >= 15 is 0 Å². The van der Waals surface area contributed by atoms with Gasteiger partial charge in [-0.25, -0.2) is 0 Å². The Morgan fingerprint density at radius 1 is 1.13 bits per heavy atom. The van der Waals surface area contributed by atoms with Crippen LogP contribution in [0.1, 0.15) is 38.3 Å². The Morgan fingerprint density at radius 3 is 2.43 bits per heavy atom. The van der Waals surface area contributed by atoms with Crippen LogP contribution in [0.4, 0.5) is 0 Å². The van der Waals surface area contributed by atoms with Crippen LogP contribution >= 0.6 is 0 Å². The maximum Gasteiger partial charge on any atom is 0.275 e. The minimum Gasteiger partial charge on any atom is -0.497 e. The van der Waals surface area contributed by atoms with Gasteiger partial charge in [0.1, 0.15) is 23.7 Å². The Morgan fingerprint density at radius 2 is 1.80 bits per heavy atom. The van der Waals surface area contributed by atoms with E-state index in [4.69, 9.17) is 4.74 Å². The lowest BCUT2D eigenvalue weighted by atomic mass is 10.1. The summed E-state index contributed by atoms with van der Waals surface area (Å²) in [6.07, 6.45) is 1.72. The number of benzene rings is 2. The van der Waals surface area contributed by atoms with E-state index in [1.54, 1.807) is 31.4 Å². The second-order valence-corrected chi connectivity index (χ2v) is 8.07. The Labute approximate surface area is 178 Å². The average molecular weight is 408 g/mol. The molecule has 0 fully saturated rings. The zero-order chi connectivity index (χ0) is 21.7. The fourth-order valence-corrected chi connectivity index (χ4v) is 3.52. The molecule has 1 unspecified atom stereocenters. The van der Waals surface area contributed by atoms with Gasteiger partial charge in [0.05, 0.1) is 7.11 Å². The minimum atomic E-state index is -0.781. The average Bonchev–Trinajstić information content (AvgIpc) is 2.96. The van der Waals surface area contributed by atoms with E-state index < -0.39 is 5.66 Å². The second kappa shape index (κ2) is 9.11. The highest BCUT2D eigenvalue weighted by atomic mass is 16.5. The zero-order valence-electron chi connectivity index (χ0n) is 18.0. The minimum absolute atomic E-state index is 0.0144. The zero-order valence-corrected chi connectivity index (χ0v) is 18.0. The Kier molecular flexibility index (Phi) is 6.55. The van der Waals surface area contributed by atoms with Crippen molar-refractivity contribution < 1.29 is 14.3 Å². The molecule has 2 aromatic carbocycles. The van der Waals surface area contributed by atoms with Gasteiger partial charge in [-0.05, 0) is 63.4 Å². The first-order valence-electron chi connectivity index (χ1n) is 10.2. The molecule has 1 atom stereocenters. The molecule has 0 aliphatic carbocycles. The molecular weight excluding hydrogens is 378 g/mol. The largest absolute Gasteiger partial charge is 0.497 e. The summed E-state index contributed by atoms with van der Waals surface area (Å²) in [6, 6.07) is 17.4. The van der Waals surface area contributed by atoms with Crippen LogP contribution in [0.15, 0.2) is 59.6 Å². The molecule has 0 bridgehead atoms. The predicted octanol–water partition coefficient (Wildman–Crippen LogP) is 3.20. The normalized spacial score (nSPS) is 16.2. The van der Waals surface area contributed by atoms with E-state index in [0.29, 0.717) is 17.0 Å². The van der Waals surface area contributed by atoms with Crippen LogP contribution in [0.3, 0.4) is 0 Å². The number of aryl methyl sites for hydroxylation is 1. The third-order valence-electron chi connectivity index (χ3n) is 5.28. The fourth-order valence-electron chi connectivity index (χ4n) is 3.52. The third kappa shape index (κ3) is 5.06. The molecule has 1 heterocycles. The molecular formula is C24H29N3O3. The summed E-state index contributed by atoms with van der Waals surface area (Å²) in [5, 5.41) is 3.00. The highest BCUT2D eigenvalue weighted by molar-refractivity contribution is 6.47. The first kappa shape index (κ1) is 21.6. The number of nitrogens with one attached hydrogen (secondary N) is 1. The van der Waals surface area contributed by atoms with Crippen LogP contribution in [-0.2, 0) is 16.0 Å². The second-order valence-electron chi connectivity index (χ2n) is 8.07. The smallest absolute Gasteiger partial charge is 0.275 e. The molecule has 2 amide bonds. The summed E-state index contributed by atoms with van der Waals surface area (Å²) in [4.78, 5) is 31.7. The number of carbonyl (C=O) groups excluding carboxylic acids is 2. The van der Waals surface area contributed by atoms with Gasteiger partial charge in [0.15, 0.2) is 0 Å². The first-order valence-corrected chi connectivity index (χ1v) is 10.2. The molecule has 0 spiro atoms. The number of rotatable bonds is 8. The lowest BCUT2D eigenvalue weighted by Gasteiger charge is -2.29. The summed E-state index contributed by atoms with van der Waals surface area (Å²) in [5.41, 5.74) is 1.55. The summed E-state index contributed by atoms with van der Waals surface area (Å²) in [7, 11) is 1.59. The van der Waals surface area contributed by atoms with E-state index in [2.05, 4.69) is 22.4 Å². The van der Waals surface area contributed by atoms with E-state index in [1.165, 1.54) is 10.5 Å². The molecule has 30 heavy (non-hydrogen) atoms. The molecule has 1 aliphatic rings. The Hall–Kier alpha value is -3.15. The van der Waals surface area contributed by atoms with Gasteiger partial charge in [-0.15, -0.1) is 0 Å². The molecule has 6 heteroatoms. The van der Waals surface area contributed by atoms with E-state index in [-0.39, 0.29) is 24.4 Å². The Bertz CT molecular complexity index is 920. The monoisotopic (exact) mass is 407 g/mol. The first-order chi connectivity index (χ1) is 14.3. The van der Waals surface area contributed by atoms with Gasteiger partial charge < -0.3 is 15.0 Å². The number of nitrogens with zero attached hydrogens (tertiary/aromatic N) is 2. The number of hydrogen-bond acceptors (Lipinski definition) is 4. The fraction of sp³-hybridized carbons (Fsp3) is 0.375. The van der Waals surface area contributed by atoms with Gasteiger partial charge in [-0.1, -0.05) is 30.3 Å². The van der Waals surface area contributed by atoms with Gasteiger partial charge in [0.2, 0.25) is 5.91 Å². The van der Waals surface area contributed by atoms with E-state index in [0.717, 1.165) is 12.8 Å². The molecule has 158 valence electrons. The molecule has 0 saturated carbocycles. The predicted molar refractivity (Wildman–Crippen MR) is 118 cm³/mol. The highest BCUT2D eigenvalue weighted by Crippen LogP contribution is 2.26. The lowest BCUT2D eigenvalue weighted by Crippen LogP contribution is -2.49. The maximum absolute atomic E-state index is 13.0. The molecule has 0 aromatic heterocycles. The molecule has 6 nitrogen and oxygen atoms in total. The van der Waals surface area contributed by atoms with Gasteiger partial charge in [-0.2, -0.15) is 0 Å². The molecule has 1 aliphatic heterocycles. The van der Waals surface area contributed by atoms with Crippen molar-refractivity contribution in [3.63, 3.8) is 0 Å². The van der Waals surface area contributed by atoms with Crippen molar-refractivity contribution in [3.05, 3.63) is 65.7 Å². The SMILES string of the molecule is COc1ccc(C2=NC(C)(C)N(CC(=O)NC(C)CCc3ccccc3)C2=O)cc1. The van der Waals surface area contributed by atoms with Crippen molar-refractivity contribution in [3.8, 4) is 5.75 Å². The van der Waals surface area contributed by atoms with Gasteiger partial charge >= 0.3 is 0 Å². The van der Waals surface area contributed by atoms with Crippen molar-refractivity contribution in [2.45, 2.75) is 45.3 Å². The molecule has 0 saturated heterocycles. The standard InChI is InChI=1S/C24H29N3O3/c1-17(10-11-18-8-6-5-7-9-18)25-21(28)16-27-23(29)22(26-24(27,2)3)19-12-14-20(30-4)15-13-19/h5-9,12-15,17H,10-11,16H2,1-4H3,(H,25,28). The number of methoxy groups -OCH3 is 1. The van der Waals surface area contributed by atoms with E-state index in [9.17, 15) is 9.59 Å². The summed E-state index contributed by atoms with van der Waals surface area (Å²) >= 11 is 0. The molecule has 0 radical (unpaired) electrons. The van der Waals surface area contributed by atoms with Gasteiger partial charge in [-0.3, -0.25) is 14.6 Å². The van der Waals surface area contributed by atoms with Gasteiger partial charge in [0, 0.05) is 11.6 Å². The van der Waals surface area contributed by atoms with Crippen LogP contribution in [0.2, 0.25) is 0 Å². The van der Waals surface area contributed by atoms with Crippen molar-refractivity contribution in [2.24, 2.45) is 4.99 Å². The van der Waals surface area contributed by atoms with Gasteiger partial charge in [0.25, 0.3) is 5.91 Å². The number of ether oxygens (including phenoxy) is 1. The van der Waals surface area contributed by atoms with Crippen LogP contribution in [-0.4, -0.2) is 47.8 Å². The van der Waals surface area contributed by atoms with Crippen molar-refractivity contribution in [2.75, 3.05) is 13.7 Å². The van der Waals surface area contributed by atoms with Crippen LogP contribution in [0.5, 0.6) is 5.75 Å². The van der Waals surface area contributed by atoms with Crippen LogP contribution in [0.25, 0.3) is 0 Å². The molecule has 1 N–H and O–H groups in total. The van der Waals surface area contributed by atoms with Crippen molar-refractivity contribution >= 4 is 17.5 Å². The number of aliphatic imine (C=N–C) groups is 1. The quantitative estimate of drug-likeness (QED) is 0.731. The maximum atomic E-state index is 13.0. The summed E-state index contributed by atoms with van der Waals surface area (Å²) < 4.78 is 5.17. The van der Waals surface area contributed by atoms with Crippen LogP contribution < -0.4 is 10.1 Å². The number of hydrogen-bond donors (Lipinski definition) is 1. The van der Waals surface area contributed by atoms with E-state index in [1.807, 2.05) is 39.0 Å². The van der Waals surface area contributed by atoms with Crippen LogP contribution in [0, 0.1) is 0 Å².